The van der Waals surface area contributed by atoms with Crippen LogP contribution < -0.4 is 0 Å². The van der Waals surface area contributed by atoms with Crippen LogP contribution in [0.4, 0.5) is 0 Å². The number of hydrogen-bond acceptors (Lipinski definition) is 8. The summed E-state index contributed by atoms with van der Waals surface area (Å²) in [5.74, 6) is 1.73. The molecular weight excluding hydrogens is 645 g/mol. The summed E-state index contributed by atoms with van der Waals surface area (Å²) in [4.78, 5) is 20.2. The second-order valence-corrected chi connectivity index (χ2v) is 13.3. The molecule has 8 nitrogen and oxygen atoms in total. The van der Waals surface area contributed by atoms with Crippen molar-refractivity contribution in [2.45, 2.75) is 60.8 Å². The summed E-state index contributed by atoms with van der Waals surface area (Å²) in [6.07, 6.45) is 14.2. The molecule has 0 aliphatic carbocycles. The van der Waals surface area contributed by atoms with Crippen molar-refractivity contribution in [3.63, 3.8) is 0 Å². The number of hydrogen-bond donors (Lipinski definition) is 0. The molecule has 0 N–H and O–H groups in total. The van der Waals surface area contributed by atoms with E-state index in [1.807, 2.05) is 104 Å². The van der Waals surface area contributed by atoms with Gasteiger partial charge in [-0.3, -0.25) is 9.97 Å². The number of thiophene rings is 2. The van der Waals surface area contributed by atoms with Gasteiger partial charge >= 0.3 is 0 Å². The lowest BCUT2D eigenvalue weighted by Gasteiger charge is -2.08. The van der Waals surface area contributed by atoms with E-state index in [2.05, 4.69) is 70.2 Å². The minimum atomic E-state index is 0.857. The van der Waals surface area contributed by atoms with E-state index in [0.717, 1.165) is 53.7 Å². The van der Waals surface area contributed by atoms with Gasteiger partial charge in [0, 0.05) is 36.2 Å². The van der Waals surface area contributed by atoms with Gasteiger partial charge in [-0.1, -0.05) is 46.8 Å². The highest BCUT2D eigenvalue weighted by Crippen LogP contribution is 2.37. The van der Waals surface area contributed by atoms with Crippen LogP contribution in [0.15, 0.2) is 97.8 Å². The second kappa shape index (κ2) is 15.4. The van der Waals surface area contributed by atoms with Gasteiger partial charge in [-0.2, -0.15) is 10.2 Å². The van der Waals surface area contributed by atoms with Crippen LogP contribution in [0.2, 0.25) is 0 Å². The summed E-state index contributed by atoms with van der Waals surface area (Å²) in [7, 11) is 0. The molecule has 8 aromatic heterocycles. The Bertz CT molecular complexity index is 2240. The van der Waals surface area contributed by atoms with E-state index < -0.39 is 0 Å². The van der Waals surface area contributed by atoms with Crippen LogP contribution in [-0.4, -0.2) is 39.5 Å². The number of nitrogens with zero attached hydrogens (tertiary/aromatic N) is 8. The molecule has 10 heteroatoms. The summed E-state index contributed by atoms with van der Waals surface area (Å²) >= 11 is 3.50. The third-order valence-corrected chi connectivity index (χ3v) is 10.2. The number of fused-ring (bicyclic) bond motifs is 2. The fourth-order valence-electron chi connectivity index (χ4n) is 5.59. The number of rotatable bonds is 7. The molecule has 0 amide bonds. The van der Waals surface area contributed by atoms with Gasteiger partial charge in [0.1, 0.15) is 0 Å². The molecule has 8 rings (SSSR count). The number of pyridine rings is 4. The van der Waals surface area contributed by atoms with Gasteiger partial charge in [0.2, 0.25) is 0 Å². The molecule has 8 aromatic rings. The maximum absolute atomic E-state index is 4.74. The van der Waals surface area contributed by atoms with E-state index >= 15 is 0 Å². The Hall–Kier alpha value is -5.06. The van der Waals surface area contributed by atoms with Crippen LogP contribution in [0.25, 0.3) is 53.0 Å². The average molecular weight is 685 g/mol. The molecule has 0 aromatic carbocycles. The van der Waals surface area contributed by atoms with Gasteiger partial charge in [0.05, 0.1) is 42.9 Å². The van der Waals surface area contributed by atoms with E-state index in [-0.39, 0.29) is 0 Å². The molecule has 0 spiro atoms. The maximum Gasteiger partial charge on any atom is 0.154 e. The van der Waals surface area contributed by atoms with Crippen LogP contribution in [0.3, 0.4) is 0 Å². The first kappa shape index (κ1) is 33.8. The quantitative estimate of drug-likeness (QED) is 0.166. The molecule has 0 radical (unpaired) electrons. The minimum absolute atomic E-state index is 0.857. The predicted molar refractivity (Wildman–Crippen MR) is 204 cm³/mol. The van der Waals surface area contributed by atoms with Crippen LogP contribution in [0, 0.1) is 6.92 Å². The smallest absolute Gasteiger partial charge is 0.154 e. The van der Waals surface area contributed by atoms with Crippen LogP contribution in [-0.2, 0) is 19.3 Å². The SMILES string of the molecule is CC.CCc1cccc(-n2ncc(CC)c2-c2cc3ccncc3s2)n1.CCc1cnn(-c2cccc(C)n2)c1-c1cc2ccncc2s1. The largest absolute Gasteiger partial charge is 0.263 e. The predicted octanol–water partition coefficient (Wildman–Crippen LogP) is 10.1. The third kappa shape index (κ3) is 7.06. The monoisotopic (exact) mass is 684 g/mol. The van der Waals surface area contributed by atoms with Crippen LogP contribution in [0.5, 0.6) is 0 Å². The van der Waals surface area contributed by atoms with Gasteiger partial charge in [-0.25, -0.2) is 19.3 Å². The van der Waals surface area contributed by atoms with Crippen molar-refractivity contribution in [1.82, 2.24) is 39.5 Å². The van der Waals surface area contributed by atoms with E-state index in [1.165, 1.54) is 41.1 Å². The molecule has 0 aliphatic heterocycles. The summed E-state index contributed by atoms with van der Waals surface area (Å²) in [6.45, 7) is 12.4. The van der Waals surface area contributed by atoms with E-state index in [1.54, 1.807) is 22.7 Å². The van der Waals surface area contributed by atoms with Crippen molar-refractivity contribution in [3.8, 4) is 32.8 Å². The molecule has 0 fully saturated rings. The maximum atomic E-state index is 4.74. The molecule has 8 heterocycles. The van der Waals surface area contributed by atoms with Crippen molar-refractivity contribution in [2.24, 2.45) is 0 Å². The second-order valence-electron chi connectivity index (χ2n) is 11.1. The molecular formula is C39H40N8S2. The van der Waals surface area contributed by atoms with Crippen molar-refractivity contribution in [3.05, 3.63) is 120 Å². The first-order valence-corrected chi connectivity index (χ1v) is 18.4. The highest BCUT2D eigenvalue weighted by molar-refractivity contribution is 7.22. The standard InChI is InChI=1S/C19H18N4S.C18H16N4S.C2H6/c1-3-13-11-21-23(18-7-5-6-15(4-2)22-18)19(13)16-10-14-8-9-20-12-17(14)24-16;1-3-13-10-20-22(17-6-4-5-12(2)21-17)18(13)15-9-14-7-8-19-11-16(14)23-15;1-2/h5-12H,3-4H2,1-2H3;4-11H,3H2,1-2H3;1-2H3. The zero-order chi connectivity index (χ0) is 34.3. The Kier molecular flexibility index (Phi) is 10.7. The van der Waals surface area contributed by atoms with E-state index in [9.17, 15) is 0 Å². The lowest BCUT2D eigenvalue weighted by molar-refractivity contribution is 0.840. The van der Waals surface area contributed by atoms with E-state index in [4.69, 9.17) is 4.98 Å². The fraction of sp³-hybridized carbons (Fsp3) is 0.231. The first-order valence-electron chi connectivity index (χ1n) is 16.8. The van der Waals surface area contributed by atoms with Crippen LogP contribution >= 0.6 is 22.7 Å². The molecule has 0 saturated heterocycles. The van der Waals surface area contributed by atoms with Gasteiger partial charge in [-0.05, 0) is 96.6 Å². The molecule has 0 saturated carbocycles. The van der Waals surface area contributed by atoms with Crippen molar-refractivity contribution in [1.29, 1.82) is 0 Å². The normalized spacial score (nSPS) is 10.9. The molecule has 248 valence electrons. The summed E-state index contributed by atoms with van der Waals surface area (Å²) < 4.78 is 6.30. The Balaban J connectivity index is 0.000000162. The molecule has 0 aliphatic rings. The number of aromatic nitrogens is 8. The van der Waals surface area contributed by atoms with E-state index in [0.29, 0.717) is 0 Å². The Morgan fingerprint density at radius 1 is 0.592 bits per heavy atom. The summed E-state index contributed by atoms with van der Waals surface area (Å²) in [6, 6.07) is 20.7. The van der Waals surface area contributed by atoms with Gasteiger partial charge < -0.3 is 0 Å². The van der Waals surface area contributed by atoms with Gasteiger partial charge in [-0.15, -0.1) is 22.7 Å². The van der Waals surface area contributed by atoms with Crippen LogP contribution in [0.1, 0.15) is 57.1 Å². The lowest BCUT2D eigenvalue weighted by Crippen LogP contribution is -2.03. The zero-order valence-corrected chi connectivity index (χ0v) is 30.4. The molecule has 49 heavy (non-hydrogen) atoms. The van der Waals surface area contributed by atoms with Gasteiger partial charge in [0.15, 0.2) is 11.6 Å². The molecule has 0 bridgehead atoms. The third-order valence-electron chi connectivity index (χ3n) is 8.03. The van der Waals surface area contributed by atoms with Gasteiger partial charge in [0.25, 0.3) is 0 Å². The Morgan fingerprint density at radius 2 is 1.10 bits per heavy atom. The zero-order valence-electron chi connectivity index (χ0n) is 28.8. The van der Waals surface area contributed by atoms with Crippen molar-refractivity contribution in [2.75, 3.05) is 0 Å². The Labute approximate surface area is 295 Å². The molecule has 0 atom stereocenters. The average Bonchev–Trinajstić information content (AvgIpc) is 3.96. The van der Waals surface area contributed by atoms with Crippen molar-refractivity contribution < 1.29 is 0 Å². The minimum Gasteiger partial charge on any atom is -0.263 e. The molecule has 0 unspecified atom stereocenters. The lowest BCUT2D eigenvalue weighted by atomic mass is 10.1. The summed E-state index contributed by atoms with van der Waals surface area (Å²) in [5, 5.41) is 11.6. The van der Waals surface area contributed by atoms with Crippen molar-refractivity contribution >= 4 is 42.8 Å². The fourth-order valence-corrected chi connectivity index (χ4v) is 7.78. The highest BCUT2D eigenvalue weighted by atomic mass is 32.1. The summed E-state index contributed by atoms with van der Waals surface area (Å²) in [5.41, 5.74) is 6.80. The first-order chi connectivity index (χ1) is 24.1. The topological polar surface area (TPSA) is 87.2 Å². The highest BCUT2D eigenvalue weighted by Gasteiger charge is 2.18. The number of aryl methyl sites for hydroxylation is 4. The Morgan fingerprint density at radius 3 is 1.57 bits per heavy atom.